The Hall–Kier alpha value is -2.05. The van der Waals surface area contributed by atoms with Gasteiger partial charge in [-0.05, 0) is 41.5 Å². The van der Waals surface area contributed by atoms with E-state index in [9.17, 15) is 22.4 Å². The molecule has 1 atom stereocenters. The van der Waals surface area contributed by atoms with Crippen LogP contribution in [-0.4, -0.2) is 17.3 Å². The monoisotopic (exact) mass is 392 g/mol. The second-order valence-corrected chi connectivity index (χ2v) is 6.00. The first-order valence-electron chi connectivity index (χ1n) is 6.81. The van der Waals surface area contributed by atoms with Crippen LogP contribution in [0.3, 0.4) is 0 Å². The summed E-state index contributed by atoms with van der Waals surface area (Å²) in [5.41, 5.74) is -0.639. The number of alkyl halides is 3. The van der Waals surface area contributed by atoms with Crippen LogP contribution in [0.4, 0.5) is 17.6 Å². The number of aromatic carboxylic acids is 1. The lowest BCUT2D eigenvalue weighted by molar-refractivity contribution is -0.139. The summed E-state index contributed by atoms with van der Waals surface area (Å²) in [6, 6.07) is 6.63. The second kappa shape index (κ2) is 7.45. The van der Waals surface area contributed by atoms with E-state index in [-0.39, 0.29) is 21.2 Å². The van der Waals surface area contributed by atoms with Crippen molar-refractivity contribution in [1.29, 1.82) is 0 Å². The number of carboxylic acid groups (broad SMARTS) is 1. The average molecular weight is 393 g/mol. The van der Waals surface area contributed by atoms with Crippen molar-refractivity contribution in [3.63, 3.8) is 0 Å². The Kier molecular flexibility index (Phi) is 5.75. The van der Waals surface area contributed by atoms with Gasteiger partial charge in [0.15, 0.2) is 0 Å². The molecule has 2 aromatic carbocycles. The molecule has 1 N–H and O–H groups in total. The molecule has 0 aliphatic rings. The summed E-state index contributed by atoms with van der Waals surface area (Å²) in [5.74, 6) is -4.51. The average Bonchev–Trinajstić information content (AvgIpc) is 2.44. The standard InChI is InChI=1S/C17H10Cl2F4O2/c18-11-6-10(7-12(19)8-11)14(17(21,22)23)4-2-9-1-3-13(16(24)25)15(20)5-9/h1-8,14H,(H,24,25)/b4-2+. The van der Waals surface area contributed by atoms with Crippen LogP contribution >= 0.6 is 23.2 Å². The van der Waals surface area contributed by atoms with Crippen LogP contribution in [0.5, 0.6) is 0 Å². The molecule has 2 nitrogen and oxygen atoms in total. The van der Waals surface area contributed by atoms with Crippen LogP contribution in [0.1, 0.15) is 27.4 Å². The summed E-state index contributed by atoms with van der Waals surface area (Å²) < 4.78 is 53.6. The third-order valence-corrected chi connectivity index (χ3v) is 3.74. The van der Waals surface area contributed by atoms with E-state index in [1.54, 1.807) is 0 Å². The van der Waals surface area contributed by atoms with Gasteiger partial charge >= 0.3 is 12.1 Å². The lowest BCUT2D eigenvalue weighted by atomic mass is 9.97. The van der Waals surface area contributed by atoms with Crippen LogP contribution in [0, 0.1) is 5.82 Å². The van der Waals surface area contributed by atoms with Gasteiger partial charge in [-0.1, -0.05) is 41.4 Å². The summed E-state index contributed by atoms with van der Waals surface area (Å²) in [6.07, 6.45) is -2.73. The normalized spacial score (nSPS) is 13.2. The van der Waals surface area contributed by atoms with Gasteiger partial charge in [0.25, 0.3) is 0 Å². The van der Waals surface area contributed by atoms with Gasteiger partial charge in [0.05, 0.1) is 11.5 Å². The number of allylic oxidation sites excluding steroid dienone is 1. The van der Waals surface area contributed by atoms with Gasteiger partial charge in [0.1, 0.15) is 5.82 Å². The fourth-order valence-electron chi connectivity index (χ4n) is 2.18. The molecule has 1 unspecified atom stereocenters. The van der Waals surface area contributed by atoms with E-state index in [1.165, 1.54) is 12.1 Å². The highest BCUT2D eigenvalue weighted by molar-refractivity contribution is 6.34. The second-order valence-electron chi connectivity index (χ2n) is 5.13. The van der Waals surface area contributed by atoms with Gasteiger partial charge in [-0.15, -0.1) is 0 Å². The topological polar surface area (TPSA) is 37.3 Å². The van der Waals surface area contributed by atoms with Crippen molar-refractivity contribution in [1.82, 2.24) is 0 Å². The lowest BCUT2D eigenvalue weighted by Crippen LogP contribution is -2.18. The predicted octanol–water partition coefficient (Wildman–Crippen LogP) is 6.19. The van der Waals surface area contributed by atoms with E-state index in [0.29, 0.717) is 0 Å². The lowest BCUT2D eigenvalue weighted by Gasteiger charge is -2.18. The molecule has 0 aliphatic carbocycles. The van der Waals surface area contributed by atoms with Gasteiger partial charge < -0.3 is 5.11 Å². The summed E-state index contributed by atoms with van der Waals surface area (Å²) in [4.78, 5) is 10.7. The Balaban J connectivity index is 2.39. The van der Waals surface area contributed by atoms with Gasteiger partial charge in [0, 0.05) is 10.0 Å². The fraction of sp³-hybridized carbons (Fsp3) is 0.118. The number of carbonyl (C=O) groups is 1. The molecule has 0 aliphatic heterocycles. The molecule has 0 heterocycles. The highest BCUT2D eigenvalue weighted by Crippen LogP contribution is 2.38. The maximum absolute atomic E-state index is 13.6. The zero-order valence-electron chi connectivity index (χ0n) is 12.3. The molecule has 0 spiro atoms. The third-order valence-electron chi connectivity index (χ3n) is 3.30. The number of halogens is 6. The Labute approximate surface area is 150 Å². The summed E-state index contributed by atoms with van der Waals surface area (Å²) in [5, 5.41) is 8.87. The van der Waals surface area contributed by atoms with Crippen LogP contribution in [0.15, 0.2) is 42.5 Å². The van der Waals surface area contributed by atoms with E-state index >= 15 is 0 Å². The maximum Gasteiger partial charge on any atom is 0.399 e. The largest absolute Gasteiger partial charge is 0.478 e. The van der Waals surface area contributed by atoms with E-state index in [1.807, 2.05) is 0 Å². The molecule has 0 saturated heterocycles. The molecular weight excluding hydrogens is 383 g/mol. The van der Waals surface area contributed by atoms with Crippen molar-refractivity contribution in [3.05, 3.63) is 75.0 Å². The Bertz CT molecular complexity index is 812. The number of rotatable bonds is 4. The van der Waals surface area contributed by atoms with Crippen LogP contribution < -0.4 is 0 Å². The zero-order valence-corrected chi connectivity index (χ0v) is 13.8. The minimum absolute atomic E-state index is 0.0574. The Morgan fingerprint density at radius 1 is 1.08 bits per heavy atom. The first-order chi connectivity index (χ1) is 11.6. The molecule has 132 valence electrons. The summed E-state index contributed by atoms with van der Waals surface area (Å²) in [7, 11) is 0. The highest BCUT2D eigenvalue weighted by atomic mass is 35.5. The molecular formula is C17H10Cl2F4O2. The van der Waals surface area contributed by atoms with Crippen molar-refractivity contribution in [2.45, 2.75) is 12.1 Å². The molecule has 2 aromatic rings. The predicted molar refractivity (Wildman–Crippen MR) is 87.7 cm³/mol. The van der Waals surface area contributed by atoms with Gasteiger partial charge in [-0.25, -0.2) is 9.18 Å². The van der Waals surface area contributed by atoms with Crippen LogP contribution in [0.2, 0.25) is 10.0 Å². The minimum Gasteiger partial charge on any atom is -0.478 e. The fourth-order valence-corrected chi connectivity index (χ4v) is 2.72. The Morgan fingerprint density at radius 3 is 2.16 bits per heavy atom. The van der Waals surface area contributed by atoms with Crippen molar-refractivity contribution in [3.8, 4) is 0 Å². The number of carboxylic acids is 1. The minimum atomic E-state index is -4.62. The molecule has 0 amide bonds. The summed E-state index contributed by atoms with van der Waals surface area (Å²) >= 11 is 11.5. The third kappa shape index (κ3) is 4.96. The molecule has 8 heteroatoms. The molecule has 25 heavy (non-hydrogen) atoms. The summed E-state index contributed by atoms with van der Waals surface area (Å²) in [6.45, 7) is 0. The van der Waals surface area contributed by atoms with Crippen molar-refractivity contribution >= 4 is 35.2 Å². The van der Waals surface area contributed by atoms with E-state index in [4.69, 9.17) is 28.3 Å². The van der Waals surface area contributed by atoms with Gasteiger partial charge in [-0.3, -0.25) is 0 Å². The molecule has 0 bridgehead atoms. The quantitative estimate of drug-likeness (QED) is 0.629. The van der Waals surface area contributed by atoms with Crippen molar-refractivity contribution in [2.75, 3.05) is 0 Å². The first-order valence-corrected chi connectivity index (χ1v) is 7.57. The number of hydrogen-bond donors (Lipinski definition) is 1. The maximum atomic E-state index is 13.6. The van der Waals surface area contributed by atoms with E-state index in [2.05, 4.69) is 0 Å². The first kappa shape index (κ1) is 19.3. The molecule has 0 radical (unpaired) electrons. The Morgan fingerprint density at radius 2 is 1.68 bits per heavy atom. The smallest absolute Gasteiger partial charge is 0.399 e. The molecule has 0 aromatic heterocycles. The number of benzene rings is 2. The van der Waals surface area contributed by atoms with Crippen LogP contribution in [0.25, 0.3) is 6.08 Å². The van der Waals surface area contributed by atoms with Crippen molar-refractivity contribution in [2.24, 2.45) is 0 Å². The van der Waals surface area contributed by atoms with E-state index < -0.39 is 29.4 Å². The van der Waals surface area contributed by atoms with E-state index in [0.717, 1.165) is 36.4 Å². The highest BCUT2D eigenvalue weighted by Gasteiger charge is 2.39. The molecule has 2 rings (SSSR count). The zero-order chi connectivity index (χ0) is 18.8. The number of hydrogen-bond acceptors (Lipinski definition) is 1. The molecule has 0 saturated carbocycles. The SMILES string of the molecule is O=C(O)c1ccc(/C=C/C(c2cc(Cl)cc(Cl)c2)C(F)(F)F)cc1F. The molecule has 0 fully saturated rings. The van der Waals surface area contributed by atoms with Crippen LogP contribution in [-0.2, 0) is 0 Å². The van der Waals surface area contributed by atoms with Crippen molar-refractivity contribution < 1.29 is 27.5 Å². The van der Waals surface area contributed by atoms with Gasteiger partial charge in [-0.2, -0.15) is 13.2 Å². The van der Waals surface area contributed by atoms with Gasteiger partial charge in [0.2, 0.25) is 0 Å².